The minimum absolute atomic E-state index is 0. The van der Waals surface area contributed by atoms with E-state index in [1.807, 2.05) is 0 Å². The maximum Gasteiger partial charge on any atom is 2.00 e. The SMILES string of the molecule is CCCCCCCCCCCCCCCCCCCC/C=C/C(CCCCCC)COS(=O)(=O)[O-].CCCCCCCCCCCCCCCCCCCC/C=C/C(CCCCCC)COS(=O)(=O)[O-].[Ca+2]. The molecule has 0 aliphatic heterocycles. The number of hydrogen-bond acceptors (Lipinski definition) is 8. The second-order valence-corrected chi connectivity index (χ2v) is 23.2. The van der Waals surface area contributed by atoms with E-state index >= 15 is 0 Å². The second-order valence-electron chi connectivity index (χ2n) is 21.1. The molecule has 0 fully saturated rings. The molecule has 0 aliphatic carbocycles. The van der Waals surface area contributed by atoms with Gasteiger partial charge in [-0.1, -0.05) is 322 Å². The van der Waals surface area contributed by atoms with E-state index in [4.69, 9.17) is 0 Å². The van der Waals surface area contributed by atoms with Crippen molar-refractivity contribution >= 4 is 58.5 Å². The van der Waals surface area contributed by atoms with Crippen molar-refractivity contribution in [1.82, 2.24) is 0 Å². The molecule has 71 heavy (non-hydrogen) atoms. The molecular formula is C60H118CaO8S2. The molecule has 8 nitrogen and oxygen atoms in total. The van der Waals surface area contributed by atoms with Gasteiger partial charge in [0.15, 0.2) is 0 Å². The Kier molecular flexibility index (Phi) is 65.4. The van der Waals surface area contributed by atoms with Crippen molar-refractivity contribution in [2.75, 3.05) is 13.2 Å². The number of hydrogen-bond donors (Lipinski definition) is 0. The van der Waals surface area contributed by atoms with Crippen molar-refractivity contribution in [2.45, 2.75) is 336 Å². The van der Waals surface area contributed by atoms with E-state index < -0.39 is 20.8 Å². The van der Waals surface area contributed by atoms with Crippen molar-refractivity contribution in [1.29, 1.82) is 0 Å². The van der Waals surface area contributed by atoms with Crippen LogP contribution in [0.2, 0.25) is 0 Å². The van der Waals surface area contributed by atoms with Crippen LogP contribution in [0.15, 0.2) is 24.3 Å². The van der Waals surface area contributed by atoms with Crippen LogP contribution in [-0.2, 0) is 29.2 Å². The molecule has 420 valence electrons. The van der Waals surface area contributed by atoms with E-state index in [9.17, 15) is 25.9 Å². The van der Waals surface area contributed by atoms with Crippen molar-refractivity contribution < 1.29 is 34.3 Å². The van der Waals surface area contributed by atoms with Gasteiger partial charge in [0.25, 0.3) is 0 Å². The van der Waals surface area contributed by atoms with Crippen LogP contribution in [-0.4, -0.2) is 76.9 Å². The predicted octanol–water partition coefficient (Wildman–Crippen LogP) is 19.7. The molecule has 0 aromatic heterocycles. The molecule has 0 bridgehead atoms. The van der Waals surface area contributed by atoms with Gasteiger partial charge in [-0.15, -0.1) is 0 Å². The van der Waals surface area contributed by atoms with Gasteiger partial charge in [-0.25, -0.2) is 16.8 Å². The summed E-state index contributed by atoms with van der Waals surface area (Å²) in [6.07, 6.45) is 71.2. The first-order chi connectivity index (χ1) is 34.0. The molecule has 0 aliphatic rings. The smallest absolute Gasteiger partial charge is 0.726 e. The zero-order valence-corrected chi connectivity index (χ0v) is 51.5. The summed E-state index contributed by atoms with van der Waals surface area (Å²) in [5.74, 6) is 0.0391. The summed E-state index contributed by atoms with van der Waals surface area (Å²) in [4.78, 5) is 0. The van der Waals surface area contributed by atoms with Gasteiger partial charge in [0, 0.05) is 11.8 Å². The van der Waals surface area contributed by atoms with E-state index in [1.165, 1.54) is 257 Å². The summed E-state index contributed by atoms with van der Waals surface area (Å²) >= 11 is 0. The van der Waals surface area contributed by atoms with Crippen LogP contribution in [0.25, 0.3) is 0 Å². The van der Waals surface area contributed by atoms with Crippen molar-refractivity contribution in [3.63, 3.8) is 0 Å². The maximum absolute atomic E-state index is 10.8. The van der Waals surface area contributed by atoms with Crippen LogP contribution < -0.4 is 0 Å². The van der Waals surface area contributed by atoms with Gasteiger partial charge in [0.05, 0.1) is 13.2 Å². The Morgan fingerprint density at radius 2 is 0.493 bits per heavy atom. The number of allylic oxidation sites excluding steroid dienone is 2. The Hall–Kier alpha value is 0.480. The predicted molar refractivity (Wildman–Crippen MR) is 307 cm³/mol. The van der Waals surface area contributed by atoms with Crippen LogP contribution in [0.4, 0.5) is 0 Å². The molecule has 0 N–H and O–H groups in total. The zero-order valence-electron chi connectivity index (χ0n) is 47.6. The Morgan fingerprint density at radius 1 is 0.310 bits per heavy atom. The standard InChI is InChI=1S/2C30H60O4S.Ca/c2*1-3-5-7-9-10-11-12-13-14-15-16-17-18-19-20-21-22-23-24-26-28-30(27-25-8-6-4-2)29-34-35(31,32)33;/h2*26,28,30H,3-25,27,29H2,1-2H3,(H,31,32,33);/q;;+2/p-2/b2*28-26+;. The average Bonchev–Trinajstić information content (AvgIpc) is 3.32. The fourth-order valence-electron chi connectivity index (χ4n) is 9.38. The fourth-order valence-corrected chi connectivity index (χ4v) is 10.1. The molecule has 0 aromatic carbocycles. The molecule has 11 heteroatoms. The fraction of sp³-hybridized carbons (Fsp3) is 0.933. The summed E-state index contributed by atoms with van der Waals surface area (Å²) in [6, 6.07) is 0. The van der Waals surface area contributed by atoms with Crippen LogP contribution in [0.1, 0.15) is 336 Å². The van der Waals surface area contributed by atoms with E-state index in [2.05, 4.69) is 60.4 Å². The third-order valence-corrected chi connectivity index (χ3v) is 14.8. The van der Waals surface area contributed by atoms with Crippen LogP contribution >= 0.6 is 0 Å². The first-order valence-electron chi connectivity index (χ1n) is 30.5. The summed E-state index contributed by atoms with van der Waals surface area (Å²) in [5.41, 5.74) is 0. The van der Waals surface area contributed by atoms with Gasteiger partial charge in [-0.05, 0) is 38.5 Å². The Labute approximate surface area is 474 Å². The average molecular weight is 1070 g/mol. The Balaban J connectivity index is -0.00000128. The van der Waals surface area contributed by atoms with Crippen molar-refractivity contribution in [2.24, 2.45) is 11.8 Å². The van der Waals surface area contributed by atoms with Gasteiger partial charge in [0.1, 0.15) is 0 Å². The van der Waals surface area contributed by atoms with Gasteiger partial charge in [0.2, 0.25) is 20.8 Å². The van der Waals surface area contributed by atoms with E-state index in [1.54, 1.807) is 0 Å². The minimum atomic E-state index is -4.60. The van der Waals surface area contributed by atoms with E-state index in [0.717, 1.165) is 51.4 Å². The maximum atomic E-state index is 10.8. The topological polar surface area (TPSA) is 133 Å². The molecule has 2 atom stereocenters. The summed E-state index contributed by atoms with van der Waals surface area (Å²) < 4.78 is 73.6. The van der Waals surface area contributed by atoms with E-state index in [-0.39, 0.29) is 62.8 Å². The molecule has 0 spiro atoms. The largest absolute Gasteiger partial charge is 2.00 e. The van der Waals surface area contributed by atoms with Crippen molar-refractivity contribution in [3.05, 3.63) is 24.3 Å². The third-order valence-electron chi connectivity index (χ3n) is 14.0. The monoisotopic (exact) mass is 1070 g/mol. The molecule has 2 unspecified atom stereocenters. The molecule has 0 aromatic rings. The first-order valence-corrected chi connectivity index (χ1v) is 33.2. The van der Waals surface area contributed by atoms with Crippen molar-refractivity contribution in [3.8, 4) is 0 Å². The quantitative estimate of drug-likeness (QED) is 0.0193. The van der Waals surface area contributed by atoms with Gasteiger partial charge in [-0.3, -0.25) is 8.37 Å². The number of rotatable bonds is 56. The molecule has 0 amide bonds. The van der Waals surface area contributed by atoms with Gasteiger partial charge >= 0.3 is 37.7 Å². The van der Waals surface area contributed by atoms with Crippen LogP contribution in [0.3, 0.4) is 0 Å². The molecule has 0 heterocycles. The Bertz CT molecular complexity index is 1190. The molecular weight excluding hydrogens is 953 g/mol. The molecule has 0 saturated heterocycles. The van der Waals surface area contributed by atoms with Gasteiger partial charge in [-0.2, -0.15) is 0 Å². The van der Waals surface area contributed by atoms with Gasteiger partial charge < -0.3 is 9.11 Å². The zero-order chi connectivity index (χ0) is 51.8. The second kappa shape index (κ2) is 61.3. The summed E-state index contributed by atoms with van der Waals surface area (Å²) in [5, 5.41) is 0. The minimum Gasteiger partial charge on any atom is -0.726 e. The summed E-state index contributed by atoms with van der Waals surface area (Å²) in [6.45, 7) is 8.87. The normalized spacial score (nSPS) is 12.9. The first kappa shape index (κ1) is 75.7. The van der Waals surface area contributed by atoms with Crippen LogP contribution in [0.5, 0.6) is 0 Å². The van der Waals surface area contributed by atoms with Crippen LogP contribution in [0, 0.1) is 11.8 Å². The third kappa shape index (κ3) is 70.5. The summed E-state index contributed by atoms with van der Waals surface area (Å²) in [7, 11) is -9.21. The molecule has 0 rings (SSSR count). The molecule has 0 radical (unpaired) electrons. The molecule has 0 saturated carbocycles. The number of unbranched alkanes of at least 4 members (excludes halogenated alkanes) is 42. The Morgan fingerprint density at radius 3 is 0.690 bits per heavy atom. The van der Waals surface area contributed by atoms with E-state index in [0.29, 0.717) is 0 Å².